The highest BCUT2D eigenvalue weighted by atomic mass is 19.4. The fourth-order valence-corrected chi connectivity index (χ4v) is 7.65. The summed E-state index contributed by atoms with van der Waals surface area (Å²) >= 11 is 0. The monoisotopic (exact) mass is 644 g/mol. The van der Waals surface area contributed by atoms with Crippen LogP contribution in [0, 0.1) is 5.41 Å². The van der Waals surface area contributed by atoms with E-state index < -0.39 is 28.9 Å². The van der Waals surface area contributed by atoms with Gasteiger partial charge in [-0.3, -0.25) is 9.59 Å². The first kappa shape index (κ1) is 35.5. The largest absolute Gasteiger partial charge is 0.490 e. The number of carbonyl (C=O) groups excluding carboxylic acids is 1. The van der Waals surface area contributed by atoms with E-state index in [1.165, 1.54) is 30.5 Å². The van der Waals surface area contributed by atoms with E-state index in [1.54, 1.807) is 0 Å². The summed E-state index contributed by atoms with van der Waals surface area (Å²) in [6.45, 7) is 6.64. The molecule has 1 heterocycles. The van der Waals surface area contributed by atoms with Crippen molar-refractivity contribution in [3.63, 3.8) is 0 Å². The molecule has 7 nitrogen and oxygen atoms in total. The molecule has 2 aliphatic carbocycles. The van der Waals surface area contributed by atoms with E-state index >= 15 is 0 Å². The molecule has 1 aliphatic heterocycles. The molecule has 0 spiro atoms. The molecule has 3 aliphatic rings. The lowest BCUT2D eigenvalue weighted by molar-refractivity contribution is -0.192. The van der Waals surface area contributed by atoms with Crippen molar-refractivity contribution < 1.29 is 37.8 Å². The molecule has 0 radical (unpaired) electrons. The minimum Gasteiger partial charge on any atom is -0.481 e. The van der Waals surface area contributed by atoms with Gasteiger partial charge in [-0.1, -0.05) is 81.1 Å². The number of carboxylic acids is 2. The zero-order chi connectivity index (χ0) is 33.5. The second kappa shape index (κ2) is 15.0. The Kier molecular flexibility index (Phi) is 11.6. The minimum atomic E-state index is -5.08. The summed E-state index contributed by atoms with van der Waals surface area (Å²) in [6, 6.07) is 17.9. The van der Waals surface area contributed by atoms with Gasteiger partial charge in [-0.15, -0.1) is 0 Å². The average Bonchev–Trinajstić information content (AvgIpc) is 3.70. The highest BCUT2D eigenvalue weighted by Gasteiger charge is 2.50. The number of nitrogens with zero attached hydrogens (tertiary/aromatic N) is 1. The Bertz CT molecular complexity index is 1340. The van der Waals surface area contributed by atoms with Crippen molar-refractivity contribution >= 4 is 17.8 Å². The predicted octanol–water partition coefficient (Wildman–Crippen LogP) is 7.37. The van der Waals surface area contributed by atoms with Crippen molar-refractivity contribution in [3.8, 4) is 11.1 Å². The molecule has 3 N–H and O–H groups in total. The molecule has 1 saturated heterocycles. The summed E-state index contributed by atoms with van der Waals surface area (Å²) < 4.78 is 31.7. The van der Waals surface area contributed by atoms with Crippen LogP contribution in [0.15, 0.2) is 48.5 Å². The van der Waals surface area contributed by atoms with Crippen molar-refractivity contribution in [2.24, 2.45) is 5.41 Å². The lowest BCUT2D eigenvalue weighted by Crippen LogP contribution is -2.57. The molecule has 46 heavy (non-hydrogen) atoms. The Labute approximate surface area is 269 Å². The van der Waals surface area contributed by atoms with E-state index in [1.807, 2.05) is 6.92 Å². The van der Waals surface area contributed by atoms with Gasteiger partial charge in [-0.25, -0.2) is 4.79 Å². The molecule has 10 heteroatoms. The maximum absolute atomic E-state index is 13.9. The Balaban J connectivity index is 0.000000617. The van der Waals surface area contributed by atoms with E-state index in [2.05, 4.69) is 65.7 Å². The third-order valence-corrected chi connectivity index (χ3v) is 10.6. The third-order valence-electron chi connectivity index (χ3n) is 10.6. The van der Waals surface area contributed by atoms with E-state index in [0.29, 0.717) is 18.9 Å². The number of hydrogen-bond donors (Lipinski definition) is 3. The summed E-state index contributed by atoms with van der Waals surface area (Å²) in [6.07, 6.45) is 6.15. The molecule has 1 amide bonds. The van der Waals surface area contributed by atoms with Crippen LogP contribution >= 0.6 is 0 Å². The predicted molar refractivity (Wildman–Crippen MR) is 170 cm³/mol. The molecule has 3 fully saturated rings. The van der Waals surface area contributed by atoms with Gasteiger partial charge in [0.15, 0.2) is 0 Å². The highest BCUT2D eigenvalue weighted by molar-refractivity contribution is 5.90. The summed E-state index contributed by atoms with van der Waals surface area (Å²) in [7, 11) is 0. The van der Waals surface area contributed by atoms with Crippen LogP contribution in [0.3, 0.4) is 0 Å². The van der Waals surface area contributed by atoms with Gasteiger partial charge < -0.3 is 20.4 Å². The summed E-state index contributed by atoms with van der Waals surface area (Å²) in [5.41, 5.74) is 3.38. The molecule has 5 rings (SSSR count). The van der Waals surface area contributed by atoms with E-state index in [-0.39, 0.29) is 11.9 Å². The number of nitrogens with one attached hydrogen (secondary N) is 1. The molecular weight excluding hydrogens is 597 g/mol. The number of halogens is 3. The molecule has 2 saturated carbocycles. The molecule has 3 atom stereocenters. The Hall–Kier alpha value is -3.40. The first-order valence-corrected chi connectivity index (χ1v) is 16.6. The lowest BCUT2D eigenvalue weighted by atomic mass is 9.67. The van der Waals surface area contributed by atoms with Crippen molar-refractivity contribution in [2.75, 3.05) is 13.1 Å². The first-order valence-electron chi connectivity index (χ1n) is 16.6. The number of hydrogen-bond acceptors (Lipinski definition) is 4. The van der Waals surface area contributed by atoms with Crippen molar-refractivity contribution in [1.29, 1.82) is 0 Å². The van der Waals surface area contributed by atoms with Gasteiger partial charge in [0, 0.05) is 18.6 Å². The van der Waals surface area contributed by atoms with Gasteiger partial charge in [0.05, 0.1) is 10.8 Å². The second-order valence-corrected chi connectivity index (χ2v) is 13.2. The van der Waals surface area contributed by atoms with Crippen molar-refractivity contribution in [1.82, 2.24) is 10.2 Å². The zero-order valence-electron chi connectivity index (χ0n) is 26.9. The molecule has 2 aromatic carbocycles. The molecule has 2 aromatic rings. The summed E-state index contributed by atoms with van der Waals surface area (Å²) in [4.78, 5) is 37.7. The zero-order valence-corrected chi connectivity index (χ0v) is 26.9. The lowest BCUT2D eigenvalue weighted by Gasteiger charge is -2.42. The van der Waals surface area contributed by atoms with Crippen LogP contribution in [0.5, 0.6) is 0 Å². The SMILES string of the molecule is CC[C@@]1(C(=O)O)CCCC[C@H]1NC(=O)C1(c2ccc(-c3ccc(CCN4CCC[C@H]4C)cc3)cc2)CCCC1.O=C(O)C(F)(F)F. The van der Waals surface area contributed by atoms with Crippen LogP contribution in [0.4, 0.5) is 13.2 Å². The van der Waals surface area contributed by atoms with Gasteiger partial charge in [0.25, 0.3) is 0 Å². The number of carbonyl (C=O) groups is 3. The second-order valence-electron chi connectivity index (χ2n) is 13.2. The normalized spacial score (nSPS) is 24.5. The summed E-state index contributed by atoms with van der Waals surface area (Å²) in [5, 5.41) is 20.5. The fraction of sp³-hybridized carbons (Fsp3) is 0.583. The fourth-order valence-electron chi connectivity index (χ4n) is 7.65. The molecule has 252 valence electrons. The van der Waals surface area contributed by atoms with Crippen LogP contribution in [-0.4, -0.2) is 64.3 Å². The standard InChI is InChI=1S/C34H46N2O3.C2HF3O2/c1-3-33(32(38)39)20-5-4-10-30(33)35-31(37)34(21-6-7-22-34)29-17-15-28(16-18-29)27-13-11-26(12-14-27)19-24-36-23-8-9-25(36)2;3-2(4,5)1(6)7/h11-18,25,30H,3-10,19-24H2,1-2H3,(H,35,37)(H,38,39);(H,6,7)/t25-,30-,33-;/m1./s1. The number of alkyl halides is 3. The maximum atomic E-state index is 13.9. The highest BCUT2D eigenvalue weighted by Crippen LogP contribution is 2.44. The number of carboxylic acid groups (broad SMARTS) is 2. The number of likely N-dealkylation sites (tertiary alicyclic amines) is 1. The number of aliphatic carboxylic acids is 2. The maximum Gasteiger partial charge on any atom is 0.490 e. The van der Waals surface area contributed by atoms with E-state index in [9.17, 15) is 27.9 Å². The molecular formula is C36H47F3N2O5. The first-order chi connectivity index (χ1) is 21.8. The van der Waals surface area contributed by atoms with Gasteiger partial charge in [-0.2, -0.15) is 13.2 Å². The number of benzene rings is 2. The van der Waals surface area contributed by atoms with Gasteiger partial charge in [0.1, 0.15) is 0 Å². The van der Waals surface area contributed by atoms with Crippen LogP contribution in [0.2, 0.25) is 0 Å². The molecule has 0 unspecified atom stereocenters. The molecule has 0 bridgehead atoms. The quantitative estimate of drug-likeness (QED) is 0.263. The Morgan fingerprint density at radius 1 is 0.870 bits per heavy atom. The number of amides is 1. The topological polar surface area (TPSA) is 107 Å². The van der Waals surface area contributed by atoms with Crippen LogP contribution < -0.4 is 5.32 Å². The van der Waals surface area contributed by atoms with E-state index in [0.717, 1.165) is 69.0 Å². The molecule has 0 aromatic heterocycles. The van der Waals surface area contributed by atoms with E-state index in [4.69, 9.17) is 9.90 Å². The summed E-state index contributed by atoms with van der Waals surface area (Å²) in [5.74, 6) is -3.50. The van der Waals surface area contributed by atoms with Gasteiger partial charge in [-0.05, 0) is 87.1 Å². The van der Waals surface area contributed by atoms with Crippen molar-refractivity contribution in [3.05, 3.63) is 59.7 Å². The van der Waals surface area contributed by atoms with Crippen LogP contribution in [0.25, 0.3) is 11.1 Å². The Morgan fingerprint density at radius 3 is 1.93 bits per heavy atom. The van der Waals surface area contributed by atoms with Gasteiger partial charge >= 0.3 is 18.1 Å². The third kappa shape index (κ3) is 7.93. The van der Waals surface area contributed by atoms with Crippen LogP contribution in [-0.2, 0) is 26.2 Å². The smallest absolute Gasteiger partial charge is 0.481 e. The van der Waals surface area contributed by atoms with Gasteiger partial charge in [0.2, 0.25) is 5.91 Å². The van der Waals surface area contributed by atoms with Crippen LogP contribution in [0.1, 0.15) is 95.6 Å². The Morgan fingerprint density at radius 2 is 1.43 bits per heavy atom. The minimum absolute atomic E-state index is 0.0235. The average molecular weight is 645 g/mol. The van der Waals surface area contributed by atoms with Crippen molar-refractivity contribution in [2.45, 2.75) is 115 Å². The number of rotatable bonds is 9.